The first kappa shape index (κ1) is 12.7. The Morgan fingerprint density at radius 1 is 1.39 bits per heavy atom. The van der Waals surface area contributed by atoms with Gasteiger partial charge in [-0.3, -0.25) is 14.8 Å². The maximum Gasteiger partial charge on any atom is 0.242 e. The van der Waals surface area contributed by atoms with Crippen LogP contribution in [0.15, 0.2) is 24.3 Å². The van der Waals surface area contributed by atoms with Crippen molar-refractivity contribution in [2.45, 2.75) is 26.2 Å². The van der Waals surface area contributed by atoms with Crippen molar-refractivity contribution >= 4 is 11.6 Å². The predicted octanol–water partition coefficient (Wildman–Crippen LogP) is 2.45. The van der Waals surface area contributed by atoms with Crippen molar-refractivity contribution in [3.63, 3.8) is 0 Å². The summed E-state index contributed by atoms with van der Waals surface area (Å²) >= 11 is 0. The van der Waals surface area contributed by atoms with Gasteiger partial charge in [0.05, 0.1) is 12.8 Å². The summed E-state index contributed by atoms with van der Waals surface area (Å²) in [5.74, 6) is 1.04. The molecule has 1 saturated heterocycles. The number of anilines is 1. The van der Waals surface area contributed by atoms with E-state index in [-0.39, 0.29) is 5.91 Å². The lowest BCUT2D eigenvalue weighted by Crippen LogP contribution is -2.39. The zero-order chi connectivity index (χ0) is 13.0. The highest BCUT2D eigenvalue weighted by atomic mass is 16.5. The van der Waals surface area contributed by atoms with E-state index >= 15 is 0 Å². The molecule has 0 bridgehead atoms. The molecule has 4 nitrogen and oxygen atoms in total. The van der Waals surface area contributed by atoms with Gasteiger partial charge in [-0.1, -0.05) is 19.4 Å². The molecule has 1 aromatic carbocycles. The molecule has 0 unspecified atom stereocenters. The molecule has 2 rings (SSSR count). The molecule has 0 aromatic heterocycles. The van der Waals surface area contributed by atoms with E-state index in [1.54, 1.807) is 7.11 Å². The van der Waals surface area contributed by atoms with Crippen molar-refractivity contribution in [2.75, 3.05) is 25.2 Å². The van der Waals surface area contributed by atoms with Crippen LogP contribution in [0, 0.1) is 0 Å². The van der Waals surface area contributed by atoms with Crippen LogP contribution >= 0.6 is 0 Å². The Labute approximate surface area is 108 Å². The summed E-state index contributed by atoms with van der Waals surface area (Å²) in [6.45, 7) is 3.69. The van der Waals surface area contributed by atoms with Gasteiger partial charge in [-0.2, -0.15) is 0 Å². The van der Waals surface area contributed by atoms with Crippen molar-refractivity contribution in [3.05, 3.63) is 24.3 Å². The van der Waals surface area contributed by atoms with Gasteiger partial charge in [-0.25, -0.2) is 0 Å². The molecular weight excluding hydrogens is 228 g/mol. The number of hydrogen-bond donors (Lipinski definition) is 0. The van der Waals surface area contributed by atoms with Crippen LogP contribution in [0.3, 0.4) is 0 Å². The van der Waals surface area contributed by atoms with Gasteiger partial charge in [0.2, 0.25) is 5.91 Å². The second kappa shape index (κ2) is 5.76. The van der Waals surface area contributed by atoms with E-state index in [4.69, 9.17) is 4.74 Å². The highest BCUT2D eigenvalue weighted by Gasteiger charge is 2.28. The van der Waals surface area contributed by atoms with Gasteiger partial charge in [-0.05, 0) is 18.6 Å². The van der Waals surface area contributed by atoms with E-state index in [2.05, 4.69) is 11.9 Å². The van der Waals surface area contributed by atoms with E-state index in [0.717, 1.165) is 37.4 Å². The highest BCUT2D eigenvalue weighted by molar-refractivity contribution is 5.81. The molecule has 0 atom stereocenters. The third kappa shape index (κ3) is 2.58. The number of methoxy groups -OCH3 is 1. The number of benzene rings is 1. The van der Waals surface area contributed by atoms with Crippen molar-refractivity contribution in [2.24, 2.45) is 0 Å². The number of carbonyl (C=O) groups is 1. The number of amides is 1. The van der Waals surface area contributed by atoms with E-state index in [9.17, 15) is 4.79 Å². The third-order valence-electron chi connectivity index (χ3n) is 3.19. The maximum atomic E-state index is 11.9. The van der Waals surface area contributed by atoms with E-state index < -0.39 is 0 Å². The molecule has 4 heteroatoms. The number of ether oxygens (including phenoxy) is 1. The molecular formula is C14H20N2O2. The van der Waals surface area contributed by atoms with Crippen molar-refractivity contribution in [1.82, 2.24) is 5.01 Å². The Bertz CT molecular complexity index is 420. The minimum atomic E-state index is 0.214. The number of nitrogens with zero attached hydrogens (tertiary/aromatic N) is 2. The van der Waals surface area contributed by atoms with Crippen LogP contribution in [-0.2, 0) is 4.79 Å². The molecule has 1 amide bonds. The van der Waals surface area contributed by atoms with Gasteiger partial charge < -0.3 is 4.74 Å². The first-order valence-corrected chi connectivity index (χ1v) is 6.48. The molecule has 1 aliphatic rings. The average Bonchev–Trinajstić information content (AvgIpc) is 2.77. The first-order chi connectivity index (χ1) is 8.76. The van der Waals surface area contributed by atoms with Crippen molar-refractivity contribution < 1.29 is 9.53 Å². The topological polar surface area (TPSA) is 32.8 Å². The lowest BCUT2D eigenvalue weighted by molar-refractivity contribution is -0.128. The second-order valence-electron chi connectivity index (χ2n) is 4.45. The van der Waals surface area contributed by atoms with Crippen LogP contribution < -0.4 is 9.75 Å². The molecule has 0 N–H and O–H groups in total. The standard InChI is InChI=1S/C14H20N2O2/c1-3-4-9-16-14(17)8-10-15(16)12-6-5-7-13(11-12)18-2/h5-7,11H,3-4,8-10H2,1-2H3. The van der Waals surface area contributed by atoms with Crippen molar-refractivity contribution in [1.29, 1.82) is 0 Å². The third-order valence-corrected chi connectivity index (χ3v) is 3.19. The quantitative estimate of drug-likeness (QED) is 0.802. The predicted molar refractivity (Wildman–Crippen MR) is 71.6 cm³/mol. The molecule has 0 spiro atoms. The molecule has 1 aliphatic heterocycles. The van der Waals surface area contributed by atoms with Gasteiger partial charge in [0, 0.05) is 25.6 Å². The van der Waals surface area contributed by atoms with Gasteiger partial charge in [0.1, 0.15) is 5.75 Å². The monoisotopic (exact) mass is 248 g/mol. The molecule has 18 heavy (non-hydrogen) atoms. The van der Waals surface area contributed by atoms with E-state index in [1.807, 2.05) is 29.3 Å². The smallest absolute Gasteiger partial charge is 0.242 e. The van der Waals surface area contributed by atoms with Crippen LogP contribution in [0.25, 0.3) is 0 Å². The van der Waals surface area contributed by atoms with Crippen LogP contribution in [0.4, 0.5) is 5.69 Å². The van der Waals surface area contributed by atoms with Crippen LogP contribution in [0.5, 0.6) is 5.75 Å². The number of hydrogen-bond acceptors (Lipinski definition) is 3. The van der Waals surface area contributed by atoms with E-state index in [1.165, 1.54) is 0 Å². The fourth-order valence-electron chi connectivity index (χ4n) is 2.18. The zero-order valence-corrected chi connectivity index (χ0v) is 11.1. The van der Waals surface area contributed by atoms with Gasteiger partial charge >= 0.3 is 0 Å². The Kier molecular flexibility index (Phi) is 4.07. The zero-order valence-electron chi connectivity index (χ0n) is 11.1. The van der Waals surface area contributed by atoms with Gasteiger partial charge in [-0.15, -0.1) is 0 Å². The first-order valence-electron chi connectivity index (χ1n) is 6.48. The summed E-state index contributed by atoms with van der Waals surface area (Å²) in [6.07, 6.45) is 2.73. The summed E-state index contributed by atoms with van der Waals surface area (Å²) < 4.78 is 5.23. The van der Waals surface area contributed by atoms with Crippen LogP contribution in [-0.4, -0.2) is 31.1 Å². The Morgan fingerprint density at radius 3 is 2.94 bits per heavy atom. The summed E-state index contributed by atoms with van der Waals surface area (Å²) in [4.78, 5) is 11.9. The summed E-state index contributed by atoms with van der Waals surface area (Å²) in [6, 6.07) is 7.85. The van der Waals surface area contributed by atoms with E-state index in [0.29, 0.717) is 6.42 Å². The lowest BCUT2D eigenvalue weighted by atomic mass is 10.3. The molecule has 1 fully saturated rings. The SMILES string of the molecule is CCCCN1C(=O)CCN1c1cccc(OC)c1. The van der Waals surface area contributed by atoms with Gasteiger partial charge in [0.15, 0.2) is 0 Å². The fourth-order valence-corrected chi connectivity index (χ4v) is 2.18. The van der Waals surface area contributed by atoms with Gasteiger partial charge in [0.25, 0.3) is 0 Å². The second-order valence-corrected chi connectivity index (χ2v) is 4.45. The van der Waals surface area contributed by atoms with Crippen LogP contribution in [0.2, 0.25) is 0 Å². The summed E-state index contributed by atoms with van der Waals surface area (Å²) in [5, 5.41) is 3.92. The van der Waals surface area contributed by atoms with Crippen molar-refractivity contribution in [3.8, 4) is 5.75 Å². The normalized spacial score (nSPS) is 15.3. The minimum Gasteiger partial charge on any atom is -0.497 e. The number of carbonyl (C=O) groups excluding carboxylic acids is 1. The number of hydrazine groups is 1. The molecule has 0 radical (unpaired) electrons. The Hall–Kier alpha value is -1.71. The van der Waals surface area contributed by atoms with Crippen LogP contribution in [0.1, 0.15) is 26.2 Å². The molecule has 0 aliphatic carbocycles. The summed E-state index contributed by atoms with van der Waals surface area (Å²) in [5.41, 5.74) is 1.02. The molecule has 1 aromatic rings. The summed E-state index contributed by atoms with van der Waals surface area (Å²) in [7, 11) is 1.66. The number of rotatable bonds is 5. The Balaban J connectivity index is 2.17. The molecule has 0 saturated carbocycles. The maximum absolute atomic E-state index is 11.9. The fraction of sp³-hybridized carbons (Fsp3) is 0.500. The minimum absolute atomic E-state index is 0.214. The Morgan fingerprint density at radius 2 is 2.22 bits per heavy atom. The largest absolute Gasteiger partial charge is 0.497 e. The highest BCUT2D eigenvalue weighted by Crippen LogP contribution is 2.26. The molecule has 98 valence electrons. The average molecular weight is 248 g/mol. The number of unbranched alkanes of at least 4 members (excludes halogenated alkanes) is 1. The molecule has 1 heterocycles. The lowest BCUT2D eigenvalue weighted by Gasteiger charge is -2.29.